The van der Waals surface area contributed by atoms with Gasteiger partial charge in [0.25, 0.3) is 0 Å². The van der Waals surface area contributed by atoms with E-state index in [9.17, 15) is 19.0 Å². The van der Waals surface area contributed by atoms with Crippen molar-refractivity contribution in [2.75, 3.05) is 47.5 Å². The molecule has 0 saturated heterocycles. The van der Waals surface area contributed by atoms with Gasteiger partial charge < -0.3 is 18.9 Å². The summed E-state index contributed by atoms with van der Waals surface area (Å²) in [5.74, 6) is -0.797. The largest absolute Gasteiger partial charge is 0.472 e. The molecule has 0 aliphatic rings. The van der Waals surface area contributed by atoms with Crippen molar-refractivity contribution in [1.29, 1.82) is 0 Å². The number of likely N-dealkylation sites (N-methyl/N-ethyl adjacent to an activating group) is 1. The summed E-state index contributed by atoms with van der Waals surface area (Å²) in [5.41, 5.74) is 0. The Morgan fingerprint density at radius 3 is 1.25 bits per heavy atom. The van der Waals surface area contributed by atoms with E-state index in [2.05, 4.69) is 13.8 Å². The van der Waals surface area contributed by atoms with Gasteiger partial charge in [-0.05, 0) is 12.8 Å². The molecule has 0 aromatic carbocycles. The van der Waals surface area contributed by atoms with Crippen LogP contribution in [0.5, 0.6) is 0 Å². The molecule has 0 aliphatic carbocycles. The zero-order valence-corrected chi connectivity index (χ0v) is 35.0. The van der Waals surface area contributed by atoms with Crippen LogP contribution in [-0.2, 0) is 32.7 Å². The highest BCUT2D eigenvalue weighted by molar-refractivity contribution is 7.47. The minimum atomic E-state index is -4.36. The third-order valence-corrected chi connectivity index (χ3v) is 10.4. The van der Waals surface area contributed by atoms with E-state index in [0.717, 1.165) is 38.5 Å². The molecule has 0 amide bonds. The smallest absolute Gasteiger partial charge is 0.462 e. The first-order valence-electron chi connectivity index (χ1n) is 21.3. The minimum Gasteiger partial charge on any atom is -0.462 e. The van der Waals surface area contributed by atoms with Gasteiger partial charge in [-0.1, -0.05) is 174 Å². The molecular formula is C41H83NO8P+. The molecule has 2 atom stereocenters. The fraction of sp³-hybridized carbons (Fsp3) is 0.951. The number of phosphoric ester groups is 1. The number of ether oxygens (including phenoxy) is 2. The predicted molar refractivity (Wildman–Crippen MR) is 211 cm³/mol. The van der Waals surface area contributed by atoms with Crippen molar-refractivity contribution >= 4 is 19.8 Å². The fourth-order valence-corrected chi connectivity index (χ4v) is 6.76. The van der Waals surface area contributed by atoms with Crippen LogP contribution >= 0.6 is 7.82 Å². The Morgan fingerprint density at radius 2 is 0.882 bits per heavy atom. The SMILES string of the molecule is CCCCCCCCCCCCCCCCCCCCCCCC(=O)OC(COC(=O)CCCCCCCC)COP(=O)(O)OCC[N+](C)(C)C. The van der Waals surface area contributed by atoms with Gasteiger partial charge in [0.2, 0.25) is 0 Å². The van der Waals surface area contributed by atoms with Gasteiger partial charge in [-0.15, -0.1) is 0 Å². The number of hydrogen-bond donors (Lipinski definition) is 1. The van der Waals surface area contributed by atoms with Crippen LogP contribution in [-0.4, -0.2) is 74.9 Å². The van der Waals surface area contributed by atoms with Gasteiger partial charge in [-0.2, -0.15) is 0 Å². The second-order valence-electron chi connectivity index (χ2n) is 15.7. The van der Waals surface area contributed by atoms with Crippen LogP contribution < -0.4 is 0 Å². The lowest BCUT2D eigenvalue weighted by Gasteiger charge is -2.24. The van der Waals surface area contributed by atoms with Gasteiger partial charge >= 0.3 is 19.8 Å². The number of nitrogens with zero attached hydrogens (tertiary/aromatic N) is 1. The zero-order valence-electron chi connectivity index (χ0n) is 34.1. The molecule has 0 heterocycles. The quantitative estimate of drug-likeness (QED) is 0.0286. The van der Waals surface area contributed by atoms with Crippen molar-refractivity contribution in [3.63, 3.8) is 0 Å². The molecule has 9 nitrogen and oxygen atoms in total. The van der Waals surface area contributed by atoms with E-state index in [0.29, 0.717) is 17.4 Å². The Kier molecular flexibility index (Phi) is 34.1. The molecule has 51 heavy (non-hydrogen) atoms. The molecule has 0 fully saturated rings. The molecule has 0 bridgehead atoms. The van der Waals surface area contributed by atoms with Crippen LogP contribution in [0, 0.1) is 0 Å². The molecule has 0 aromatic rings. The summed E-state index contributed by atoms with van der Waals surface area (Å²) in [4.78, 5) is 35.0. The van der Waals surface area contributed by atoms with Gasteiger partial charge in [-0.3, -0.25) is 18.6 Å². The number of esters is 2. The van der Waals surface area contributed by atoms with Crippen LogP contribution in [0.15, 0.2) is 0 Å². The van der Waals surface area contributed by atoms with Crippen molar-refractivity contribution in [3.05, 3.63) is 0 Å². The first-order valence-corrected chi connectivity index (χ1v) is 22.8. The number of hydrogen-bond acceptors (Lipinski definition) is 7. The van der Waals surface area contributed by atoms with Crippen LogP contribution in [0.25, 0.3) is 0 Å². The second-order valence-corrected chi connectivity index (χ2v) is 17.2. The fourth-order valence-electron chi connectivity index (χ4n) is 6.01. The summed E-state index contributed by atoms with van der Waals surface area (Å²) in [6.07, 6.45) is 33.3. The van der Waals surface area contributed by atoms with E-state index < -0.39 is 26.5 Å². The van der Waals surface area contributed by atoms with Gasteiger partial charge in [0.1, 0.15) is 19.8 Å². The molecule has 0 aliphatic heterocycles. The van der Waals surface area contributed by atoms with Gasteiger partial charge in [0.05, 0.1) is 27.7 Å². The van der Waals surface area contributed by atoms with E-state index in [1.165, 1.54) is 135 Å². The van der Waals surface area contributed by atoms with Crippen LogP contribution in [0.4, 0.5) is 0 Å². The third-order valence-electron chi connectivity index (χ3n) is 9.39. The summed E-state index contributed by atoms with van der Waals surface area (Å²) in [7, 11) is 1.49. The Labute approximate surface area is 314 Å². The maximum atomic E-state index is 12.6. The monoisotopic (exact) mass is 749 g/mol. The van der Waals surface area contributed by atoms with Crippen molar-refractivity contribution in [1.82, 2.24) is 0 Å². The summed E-state index contributed by atoms with van der Waals surface area (Å²) >= 11 is 0. The highest BCUT2D eigenvalue weighted by Gasteiger charge is 2.27. The maximum absolute atomic E-state index is 12.6. The topological polar surface area (TPSA) is 108 Å². The number of rotatable bonds is 39. The predicted octanol–water partition coefficient (Wildman–Crippen LogP) is 11.6. The van der Waals surface area contributed by atoms with Gasteiger partial charge in [0, 0.05) is 12.8 Å². The van der Waals surface area contributed by atoms with Crippen molar-refractivity contribution in [2.45, 2.75) is 206 Å². The lowest BCUT2D eigenvalue weighted by atomic mass is 10.0. The standard InChI is InChI=1S/C41H82NO8P/c1-6-8-10-12-14-15-16-17-18-19-20-21-22-23-24-25-26-27-28-30-32-34-41(44)50-39(37-47-40(43)33-31-29-13-11-9-7-2)38-49-51(45,46)48-36-35-42(3,4)5/h39H,6-38H2,1-5H3/p+1. The zero-order chi connectivity index (χ0) is 37.9. The molecule has 0 rings (SSSR count). The molecule has 0 aromatic heterocycles. The molecule has 304 valence electrons. The first kappa shape index (κ1) is 50.0. The summed E-state index contributed by atoms with van der Waals surface area (Å²) in [6.45, 7) is 4.38. The number of phosphoric acid groups is 1. The average Bonchev–Trinajstić information content (AvgIpc) is 3.07. The summed E-state index contributed by atoms with van der Waals surface area (Å²) in [5, 5.41) is 0. The van der Waals surface area contributed by atoms with Crippen LogP contribution in [0.2, 0.25) is 0 Å². The molecule has 0 radical (unpaired) electrons. The second kappa shape index (κ2) is 34.8. The van der Waals surface area contributed by atoms with E-state index in [4.69, 9.17) is 18.5 Å². The molecule has 0 saturated carbocycles. The van der Waals surface area contributed by atoms with E-state index in [1.54, 1.807) is 0 Å². The van der Waals surface area contributed by atoms with Gasteiger partial charge in [0.15, 0.2) is 6.10 Å². The number of carbonyl (C=O) groups is 2. The highest BCUT2D eigenvalue weighted by Crippen LogP contribution is 2.43. The van der Waals surface area contributed by atoms with Crippen LogP contribution in [0.1, 0.15) is 200 Å². The van der Waals surface area contributed by atoms with Gasteiger partial charge in [-0.25, -0.2) is 4.57 Å². The molecular weight excluding hydrogens is 665 g/mol. The third kappa shape index (κ3) is 38.5. The highest BCUT2D eigenvalue weighted by atomic mass is 31.2. The van der Waals surface area contributed by atoms with E-state index in [1.807, 2.05) is 21.1 Å². The lowest BCUT2D eigenvalue weighted by molar-refractivity contribution is -0.870. The molecule has 1 N–H and O–H groups in total. The van der Waals surface area contributed by atoms with E-state index in [-0.39, 0.29) is 25.6 Å². The lowest BCUT2D eigenvalue weighted by Crippen LogP contribution is -2.37. The van der Waals surface area contributed by atoms with Crippen molar-refractivity contribution in [3.8, 4) is 0 Å². The summed E-state index contributed by atoms with van der Waals surface area (Å²) in [6, 6.07) is 0. The molecule has 0 spiro atoms. The number of quaternary nitrogens is 1. The minimum absolute atomic E-state index is 0.0362. The Hall–Kier alpha value is -0.990. The Morgan fingerprint density at radius 1 is 0.529 bits per heavy atom. The Balaban J connectivity index is 4.12. The maximum Gasteiger partial charge on any atom is 0.472 e. The first-order chi connectivity index (χ1) is 24.5. The van der Waals surface area contributed by atoms with Crippen LogP contribution in [0.3, 0.4) is 0 Å². The van der Waals surface area contributed by atoms with Crippen molar-refractivity contribution in [2.24, 2.45) is 0 Å². The van der Waals surface area contributed by atoms with Crippen molar-refractivity contribution < 1.29 is 42.1 Å². The van der Waals surface area contributed by atoms with E-state index >= 15 is 0 Å². The molecule has 10 heteroatoms. The molecule has 2 unspecified atom stereocenters. The summed E-state index contributed by atoms with van der Waals surface area (Å²) < 4.78 is 34.1. The number of unbranched alkanes of at least 4 members (excludes halogenated alkanes) is 25. The Bertz CT molecular complexity index is 850. The normalized spacial score (nSPS) is 13.6. The number of carbonyl (C=O) groups excluding carboxylic acids is 2. The average molecular weight is 749 g/mol.